The molecule has 0 aliphatic rings. The summed E-state index contributed by atoms with van der Waals surface area (Å²) >= 11 is 0. The van der Waals surface area contributed by atoms with Crippen molar-refractivity contribution in [2.75, 3.05) is 20.3 Å². The molecule has 4 heteroatoms. The van der Waals surface area contributed by atoms with Gasteiger partial charge < -0.3 is 9.64 Å². The fourth-order valence-electron chi connectivity index (χ4n) is 1.35. The second kappa shape index (κ2) is 6.66. The Morgan fingerprint density at radius 2 is 2.06 bits per heavy atom. The maximum absolute atomic E-state index is 11.6. The van der Waals surface area contributed by atoms with E-state index in [-0.39, 0.29) is 12.5 Å². The number of ether oxygens (including phenoxy) is 1. The van der Waals surface area contributed by atoms with Crippen molar-refractivity contribution in [1.29, 1.82) is 5.26 Å². The van der Waals surface area contributed by atoms with Crippen LogP contribution in [-0.2, 0) is 16.1 Å². The second-order valence-corrected chi connectivity index (χ2v) is 3.70. The second-order valence-electron chi connectivity index (χ2n) is 3.70. The summed E-state index contributed by atoms with van der Waals surface area (Å²) in [6.45, 7) is 3.03. The van der Waals surface area contributed by atoms with E-state index in [1.807, 2.05) is 19.1 Å². The third-order valence-electron chi connectivity index (χ3n) is 2.36. The van der Waals surface area contributed by atoms with Gasteiger partial charge >= 0.3 is 0 Å². The van der Waals surface area contributed by atoms with Crippen molar-refractivity contribution in [3.63, 3.8) is 0 Å². The van der Waals surface area contributed by atoms with Gasteiger partial charge in [-0.15, -0.1) is 0 Å². The van der Waals surface area contributed by atoms with Crippen LogP contribution >= 0.6 is 0 Å². The van der Waals surface area contributed by atoms with Gasteiger partial charge in [0.15, 0.2) is 0 Å². The summed E-state index contributed by atoms with van der Waals surface area (Å²) in [5, 5.41) is 8.66. The van der Waals surface area contributed by atoms with E-state index in [9.17, 15) is 4.79 Å². The number of likely N-dealkylation sites (N-methyl/N-ethyl adjacent to an activating group) is 1. The predicted octanol–water partition coefficient (Wildman–Crippen LogP) is 1.55. The van der Waals surface area contributed by atoms with Gasteiger partial charge in [-0.3, -0.25) is 4.79 Å². The fourth-order valence-corrected chi connectivity index (χ4v) is 1.35. The van der Waals surface area contributed by atoms with Crippen molar-refractivity contribution >= 4 is 5.91 Å². The number of nitrogens with zero attached hydrogens (tertiary/aromatic N) is 2. The van der Waals surface area contributed by atoms with Crippen LogP contribution in [0.4, 0.5) is 0 Å². The minimum atomic E-state index is -0.0452. The average molecular weight is 232 g/mol. The third kappa shape index (κ3) is 4.25. The van der Waals surface area contributed by atoms with E-state index >= 15 is 0 Å². The Labute approximate surface area is 101 Å². The highest BCUT2D eigenvalue weighted by Gasteiger charge is 2.08. The number of nitriles is 1. The van der Waals surface area contributed by atoms with Crippen LogP contribution < -0.4 is 0 Å². The summed E-state index contributed by atoms with van der Waals surface area (Å²) < 4.78 is 5.06. The predicted molar refractivity (Wildman–Crippen MR) is 64.1 cm³/mol. The molecule has 1 rings (SSSR count). The zero-order chi connectivity index (χ0) is 12.7. The lowest BCUT2D eigenvalue weighted by Gasteiger charge is -2.17. The zero-order valence-corrected chi connectivity index (χ0v) is 10.1. The van der Waals surface area contributed by atoms with Crippen LogP contribution in [0.2, 0.25) is 0 Å². The molecule has 0 bridgehead atoms. The summed E-state index contributed by atoms with van der Waals surface area (Å²) in [6.07, 6.45) is 0. The molecule has 1 aromatic carbocycles. The monoisotopic (exact) mass is 232 g/mol. The molecule has 0 saturated heterocycles. The molecular weight excluding hydrogens is 216 g/mol. The van der Waals surface area contributed by atoms with Gasteiger partial charge in [0.1, 0.15) is 6.61 Å². The first-order valence-corrected chi connectivity index (χ1v) is 5.48. The Balaban J connectivity index is 2.52. The van der Waals surface area contributed by atoms with E-state index in [2.05, 4.69) is 6.07 Å². The van der Waals surface area contributed by atoms with Crippen LogP contribution in [0.15, 0.2) is 24.3 Å². The standard InChI is InChI=1S/C13H16N2O2/c1-3-17-10-13(16)15(2)9-12-6-4-11(8-14)5-7-12/h4-7H,3,9-10H2,1-2H3. The van der Waals surface area contributed by atoms with Crippen LogP contribution in [0.1, 0.15) is 18.1 Å². The van der Waals surface area contributed by atoms with E-state index in [1.165, 1.54) is 0 Å². The zero-order valence-electron chi connectivity index (χ0n) is 10.1. The summed E-state index contributed by atoms with van der Waals surface area (Å²) in [4.78, 5) is 13.2. The summed E-state index contributed by atoms with van der Waals surface area (Å²) in [5.74, 6) is -0.0452. The molecule has 4 nitrogen and oxygen atoms in total. The topological polar surface area (TPSA) is 53.3 Å². The number of carbonyl (C=O) groups excluding carboxylic acids is 1. The number of benzene rings is 1. The molecule has 0 aliphatic heterocycles. The van der Waals surface area contributed by atoms with Crippen LogP contribution in [-0.4, -0.2) is 31.1 Å². The number of carbonyl (C=O) groups is 1. The molecule has 0 spiro atoms. The molecule has 0 atom stereocenters. The Bertz CT molecular complexity index is 406. The molecule has 17 heavy (non-hydrogen) atoms. The van der Waals surface area contributed by atoms with E-state index < -0.39 is 0 Å². The smallest absolute Gasteiger partial charge is 0.248 e. The van der Waals surface area contributed by atoms with Gasteiger partial charge in [0.25, 0.3) is 0 Å². The van der Waals surface area contributed by atoms with E-state index in [0.29, 0.717) is 18.7 Å². The first-order valence-electron chi connectivity index (χ1n) is 5.48. The van der Waals surface area contributed by atoms with Crippen molar-refractivity contribution < 1.29 is 9.53 Å². The van der Waals surface area contributed by atoms with Gasteiger partial charge in [0, 0.05) is 20.2 Å². The third-order valence-corrected chi connectivity index (χ3v) is 2.36. The largest absolute Gasteiger partial charge is 0.372 e. The first-order chi connectivity index (χ1) is 8.17. The Kier molecular flexibility index (Phi) is 5.18. The van der Waals surface area contributed by atoms with E-state index in [1.54, 1.807) is 24.1 Å². The normalized spacial score (nSPS) is 9.71. The Morgan fingerprint density at radius 3 is 2.59 bits per heavy atom. The maximum atomic E-state index is 11.6. The van der Waals surface area contributed by atoms with Crippen molar-refractivity contribution in [2.24, 2.45) is 0 Å². The van der Waals surface area contributed by atoms with E-state index in [4.69, 9.17) is 10.00 Å². The van der Waals surface area contributed by atoms with Crippen LogP contribution in [0.5, 0.6) is 0 Å². The van der Waals surface area contributed by atoms with Crippen LogP contribution in [0.25, 0.3) is 0 Å². The molecule has 0 heterocycles. The van der Waals surface area contributed by atoms with Gasteiger partial charge in [-0.2, -0.15) is 5.26 Å². The SMILES string of the molecule is CCOCC(=O)N(C)Cc1ccc(C#N)cc1. The van der Waals surface area contributed by atoms with Gasteiger partial charge in [0.05, 0.1) is 11.6 Å². The average Bonchev–Trinajstić information content (AvgIpc) is 2.36. The number of hydrogen-bond acceptors (Lipinski definition) is 3. The number of rotatable bonds is 5. The Morgan fingerprint density at radius 1 is 1.41 bits per heavy atom. The number of amides is 1. The lowest BCUT2D eigenvalue weighted by Crippen LogP contribution is -2.29. The van der Waals surface area contributed by atoms with Crippen molar-refractivity contribution in [2.45, 2.75) is 13.5 Å². The molecule has 0 unspecified atom stereocenters. The summed E-state index contributed by atoms with van der Waals surface area (Å²) in [6, 6.07) is 9.25. The maximum Gasteiger partial charge on any atom is 0.248 e. The lowest BCUT2D eigenvalue weighted by atomic mass is 10.1. The molecule has 0 aliphatic carbocycles. The van der Waals surface area contributed by atoms with Gasteiger partial charge in [-0.25, -0.2) is 0 Å². The molecule has 90 valence electrons. The highest BCUT2D eigenvalue weighted by atomic mass is 16.5. The van der Waals surface area contributed by atoms with Crippen LogP contribution in [0.3, 0.4) is 0 Å². The minimum absolute atomic E-state index is 0.0452. The summed E-state index contributed by atoms with van der Waals surface area (Å²) in [5.41, 5.74) is 1.62. The van der Waals surface area contributed by atoms with Gasteiger partial charge in [-0.05, 0) is 24.6 Å². The molecule has 0 radical (unpaired) electrons. The van der Waals surface area contributed by atoms with E-state index in [0.717, 1.165) is 5.56 Å². The molecule has 1 aromatic rings. The highest BCUT2D eigenvalue weighted by Crippen LogP contribution is 2.06. The highest BCUT2D eigenvalue weighted by molar-refractivity contribution is 5.77. The molecule has 0 aromatic heterocycles. The van der Waals surface area contributed by atoms with Crippen molar-refractivity contribution in [3.05, 3.63) is 35.4 Å². The van der Waals surface area contributed by atoms with Crippen molar-refractivity contribution in [1.82, 2.24) is 4.90 Å². The lowest BCUT2D eigenvalue weighted by molar-refractivity contribution is -0.135. The van der Waals surface area contributed by atoms with Gasteiger partial charge in [-0.1, -0.05) is 12.1 Å². The molecule has 0 saturated carbocycles. The molecule has 0 N–H and O–H groups in total. The molecular formula is C13H16N2O2. The fraction of sp³-hybridized carbons (Fsp3) is 0.385. The van der Waals surface area contributed by atoms with Gasteiger partial charge in [0.2, 0.25) is 5.91 Å². The van der Waals surface area contributed by atoms with Crippen LogP contribution in [0, 0.1) is 11.3 Å². The van der Waals surface area contributed by atoms with Crippen molar-refractivity contribution in [3.8, 4) is 6.07 Å². The first kappa shape index (κ1) is 13.2. The quantitative estimate of drug-likeness (QED) is 0.774. The molecule has 1 amide bonds. The number of hydrogen-bond donors (Lipinski definition) is 0. The summed E-state index contributed by atoms with van der Waals surface area (Å²) in [7, 11) is 1.74. The minimum Gasteiger partial charge on any atom is -0.372 e. The molecule has 0 fully saturated rings. The Hall–Kier alpha value is -1.86.